The van der Waals surface area contributed by atoms with E-state index in [4.69, 9.17) is 20.8 Å². The second-order valence-electron chi connectivity index (χ2n) is 9.86. The lowest BCUT2D eigenvalue weighted by molar-refractivity contribution is -0.255. The maximum atomic E-state index is 14.0. The van der Waals surface area contributed by atoms with E-state index in [1.165, 1.54) is 28.0 Å². The average Bonchev–Trinajstić information content (AvgIpc) is 3.60. The van der Waals surface area contributed by atoms with E-state index in [-0.39, 0.29) is 22.1 Å². The van der Waals surface area contributed by atoms with Crippen molar-refractivity contribution in [2.45, 2.75) is 13.0 Å². The third kappa shape index (κ3) is 5.48. The molecule has 11 heteroatoms. The largest absolute Gasteiger partial charge is 0.545 e. The number of hydrogen-bond donors (Lipinski definition) is 1. The maximum absolute atomic E-state index is 14.0. The fourth-order valence-corrected chi connectivity index (χ4v) is 6.27. The number of ether oxygens (including phenoxy) is 1. The van der Waals surface area contributed by atoms with E-state index < -0.39 is 12.0 Å². The zero-order chi connectivity index (χ0) is 31.0. The van der Waals surface area contributed by atoms with Crippen LogP contribution in [0.4, 0.5) is 5.69 Å². The molecule has 3 heterocycles. The minimum atomic E-state index is -1.37. The van der Waals surface area contributed by atoms with Crippen LogP contribution in [0.1, 0.15) is 34.6 Å². The number of nitrogens with one attached hydrogen (secondary N) is 1. The first-order chi connectivity index (χ1) is 21.2. The minimum Gasteiger partial charge on any atom is -0.545 e. The summed E-state index contributed by atoms with van der Waals surface area (Å²) < 4.78 is 13.2. The number of para-hydroxylation sites is 1. The first-order valence-corrected chi connectivity index (χ1v) is 14.6. The Bertz CT molecular complexity index is 2130. The smallest absolute Gasteiger partial charge is 0.271 e. The van der Waals surface area contributed by atoms with Gasteiger partial charge in [0.25, 0.3) is 11.5 Å². The van der Waals surface area contributed by atoms with E-state index in [1.54, 1.807) is 62.6 Å². The van der Waals surface area contributed by atoms with Crippen molar-refractivity contribution >= 4 is 46.6 Å². The number of furan rings is 1. The summed E-state index contributed by atoms with van der Waals surface area (Å²) in [5.74, 6) is -0.277. The monoisotopic (exact) mass is 624 g/mol. The van der Waals surface area contributed by atoms with E-state index >= 15 is 0 Å². The predicted molar refractivity (Wildman–Crippen MR) is 165 cm³/mol. The van der Waals surface area contributed by atoms with Crippen LogP contribution in [0.3, 0.4) is 0 Å². The summed E-state index contributed by atoms with van der Waals surface area (Å²) in [5, 5.41) is 14.2. The highest BCUT2D eigenvalue weighted by Gasteiger charge is 2.32. The predicted octanol–water partition coefficient (Wildman–Crippen LogP) is 4.16. The van der Waals surface area contributed by atoms with E-state index in [2.05, 4.69) is 10.3 Å². The lowest BCUT2D eigenvalue weighted by atomic mass is 9.95. The summed E-state index contributed by atoms with van der Waals surface area (Å²) >= 11 is 7.28. The lowest BCUT2D eigenvalue weighted by Gasteiger charge is -2.25. The Hall–Kier alpha value is -5.19. The van der Waals surface area contributed by atoms with Gasteiger partial charge in [-0.25, -0.2) is 4.99 Å². The van der Waals surface area contributed by atoms with Gasteiger partial charge < -0.3 is 24.4 Å². The minimum absolute atomic E-state index is 0.0229. The molecule has 0 spiro atoms. The topological polar surface area (TPSA) is 126 Å². The molecule has 0 bridgehead atoms. The van der Waals surface area contributed by atoms with Crippen LogP contribution >= 0.6 is 22.9 Å². The quantitative estimate of drug-likeness (QED) is 0.290. The number of carbonyl (C=O) groups excluding carboxylic acids is 2. The molecule has 6 rings (SSSR count). The van der Waals surface area contributed by atoms with Crippen molar-refractivity contribution < 1.29 is 23.8 Å². The number of thiazole rings is 1. The van der Waals surface area contributed by atoms with Crippen LogP contribution in [0.5, 0.6) is 5.75 Å². The Labute approximate surface area is 259 Å². The summed E-state index contributed by atoms with van der Waals surface area (Å²) in [4.78, 5) is 44.0. The number of methoxy groups -OCH3 is 1. The van der Waals surface area contributed by atoms with Crippen LogP contribution in [0.15, 0.2) is 110 Å². The average molecular weight is 625 g/mol. The number of carboxylic acids is 1. The molecule has 220 valence electrons. The number of amides is 1. The second-order valence-corrected chi connectivity index (χ2v) is 11.3. The highest BCUT2D eigenvalue weighted by Crippen LogP contribution is 2.32. The van der Waals surface area contributed by atoms with Crippen LogP contribution in [-0.4, -0.2) is 23.6 Å². The number of benzene rings is 3. The van der Waals surface area contributed by atoms with Gasteiger partial charge in [-0.05, 0) is 55.0 Å². The SMILES string of the molecule is COc1ccc([C@@H]2C(C(=O)Nc3ccccc3)=C(C)N=c3s/c(=C/c4ccc(-c5ccc(C(=O)[O-])c(Cl)c5)o4)c(=O)n32)cc1. The molecule has 3 aromatic carbocycles. The highest BCUT2D eigenvalue weighted by molar-refractivity contribution is 7.07. The number of allylic oxidation sites excluding steroid dienone is 1. The molecule has 5 aromatic rings. The molecule has 1 aliphatic heterocycles. The number of anilines is 1. The van der Waals surface area contributed by atoms with Crippen LogP contribution < -0.4 is 30.1 Å². The van der Waals surface area contributed by atoms with Crippen molar-refractivity contribution in [3.05, 3.63) is 138 Å². The number of hydrogen-bond acceptors (Lipinski definition) is 8. The molecule has 1 aliphatic rings. The molecule has 0 saturated carbocycles. The Kier molecular flexibility index (Phi) is 7.77. The Morgan fingerprint density at radius 3 is 2.50 bits per heavy atom. The summed E-state index contributed by atoms with van der Waals surface area (Å²) in [6.07, 6.45) is 1.61. The van der Waals surface area contributed by atoms with E-state index in [1.807, 2.05) is 30.3 Å². The van der Waals surface area contributed by atoms with Gasteiger partial charge in [-0.3, -0.25) is 14.2 Å². The van der Waals surface area contributed by atoms with Crippen molar-refractivity contribution in [3.8, 4) is 17.1 Å². The highest BCUT2D eigenvalue weighted by atomic mass is 35.5. The molecule has 0 aliphatic carbocycles. The van der Waals surface area contributed by atoms with Gasteiger partial charge in [0.2, 0.25) is 0 Å². The Morgan fingerprint density at radius 1 is 1.07 bits per heavy atom. The molecule has 1 amide bonds. The van der Waals surface area contributed by atoms with Gasteiger partial charge >= 0.3 is 0 Å². The molecule has 2 aromatic heterocycles. The third-order valence-electron chi connectivity index (χ3n) is 7.10. The standard InChI is InChI=1S/C33H24ClN3O6S/c1-18-28(30(38)36-21-6-4-3-5-7-21)29(19-8-11-22(42-2)12-9-19)37-31(39)27(44-33(37)35-18)17-23-13-15-26(43-23)20-10-14-24(32(40)41)25(34)16-20/h3-17,29H,1-2H3,(H,36,38)(H,40,41)/p-1/b27-17+/t29-/m1/s1. The molecule has 1 atom stereocenters. The number of nitrogens with zero attached hydrogens (tertiary/aromatic N) is 2. The van der Waals surface area contributed by atoms with Gasteiger partial charge in [-0.15, -0.1) is 0 Å². The molecular formula is C33H23ClN3O6S-. The van der Waals surface area contributed by atoms with Gasteiger partial charge in [0, 0.05) is 22.9 Å². The van der Waals surface area contributed by atoms with Crippen LogP contribution in [0, 0.1) is 0 Å². The second kappa shape index (κ2) is 11.8. The molecule has 1 N–H and O–H groups in total. The zero-order valence-corrected chi connectivity index (χ0v) is 24.9. The number of aromatic nitrogens is 1. The lowest BCUT2D eigenvalue weighted by Crippen LogP contribution is -2.40. The van der Waals surface area contributed by atoms with Gasteiger partial charge in [-0.1, -0.05) is 65.4 Å². The Balaban J connectivity index is 1.42. The van der Waals surface area contributed by atoms with Gasteiger partial charge in [-0.2, -0.15) is 0 Å². The van der Waals surface area contributed by atoms with E-state index in [0.29, 0.717) is 54.7 Å². The summed E-state index contributed by atoms with van der Waals surface area (Å²) in [5.41, 5.74) is 2.26. The molecule has 9 nitrogen and oxygen atoms in total. The molecule has 44 heavy (non-hydrogen) atoms. The third-order valence-corrected chi connectivity index (χ3v) is 8.40. The van der Waals surface area contributed by atoms with Crippen LogP contribution in [0.2, 0.25) is 5.02 Å². The summed E-state index contributed by atoms with van der Waals surface area (Å²) in [7, 11) is 1.57. The zero-order valence-electron chi connectivity index (χ0n) is 23.4. The molecule has 0 unspecified atom stereocenters. The van der Waals surface area contributed by atoms with Gasteiger partial charge in [0.15, 0.2) is 4.80 Å². The molecular weight excluding hydrogens is 602 g/mol. The number of carboxylic acid groups (broad SMARTS) is 1. The van der Waals surface area contributed by atoms with Gasteiger partial charge in [0.1, 0.15) is 17.3 Å². The first-order valence-electron chi connectivity index (χ1n) is 13.4. The van der Waals surface area contributed by atoms with Crippen molar-refractivity contribution in [3.63, 3.8) is 0 Å². The van der Waals surface area contributed by atoms with Crippen molar-refractivity contribution in [2.24, 2.45) is 4.99 Å². The fraction of sp³-hybridized carbons (Fsp3) is 0.0909. The number of halogens is 1. The number of rotatable bonds is 7. The number of aromatic carboxylic acids is 1. The first kappa shape index (κ1) is 28.9. The van der Waals surface area contributed by atoms with E-state index in [0.717, 1.165) is 0 Å². The van der Waals surface area contributed by atoms with Crippen molar-refractivity contribution in [1.29, 1.82) is 0 Å². The number of carbonyl (C=O) groups is 2. The van der Waals surface area contributed by atoms with Crippen molar-refractivity contribution in [2.75, 3.05) is 12.4 Å². The normalized spacial score (nSPS) is 14.6. The summed E-state index contributed by atoms with van der Waals surface area (Å²) in [6.45, 7) is 1.75. The van der Waals surface area contributed by atoms with Crippen LogP contribution in [-0.2, 0) is 4.79 Å². The Morgan fingerprint density at radius 2 is 1.82 bits per heavy atom. The van der Waals surface area contributed by atoms with Gasteiger partial charge in [0.05, 0.1) is 39.9 Å². The molecule has 0 fully saturated rings. The fourth-order valence-electron chi connectivity index (χ4n) is 4.98. The molecule has 0 radical (unpaired) electrons. The number of fused-ring (bicyclic) bond motifs is 1. The van der Waals surface area contributed by atoms with Crippen molar-refractivity contribution in [1.82, 2.24) is 4.57 Å². The van der Waals surface area contributed by atoms with E-state index in [9.17, 15) is 19.5 Å². The molecule has 0 saturated heterocycles. The van der Waals surface area contributed by atoms with Crippen LogP contribution in [0.25, 0.3) is 17.4 Å². The maximum Gasteiger partial charge on any atom is 0.271 e. The summed E-state index contributed by atoms with van der Waals surface area (Å²) in [6, 6.07) is 23.3.